The van der Waals surface area contributed by atoms with Gasteiger partial charge in [-0.3, -0.25) is 9.69 Å². The summed E-state index contributed by atoms with van der Waals surface area (Å²) in [5.41, 5.74) is 1.09. The van der Waals surface area contributed by atoms with Crippen molar-refractivity contribution in [1.29, 1.82) is 0 Å². The maximum absolute atomic E-state index is 12.4. The minimum Gasteiger partial charge on any atom is -0.454 e. The van der Waals surface area contributed by atoms with E-state index in [1.807, 2.05) is 12.1 Å². The number of alkyl halides is 3. The third-order valence-electron chi connectivity index (χ3n) is 6.38. The third-order valence-corrected chi connectivity index (χ3v) is 6.38. The molecule has 2 heterocycles. The number of fused-ring (bicyclic) bond motifs is 1. The van der Waals surface area contributed by atoms with Gasteiger partial charge in [-0.25, -0.2) is 0 Å². The third kappa shape index (κ3) is 4.94. The Morgan fingerprint density at radius 2 is 1.80 bits per heavy atom. The first-order valence-corrected chi connectivity index (χ1v) is 10.6. The first-order valence-electron chi connectivity index (χ1n) is 10.6. The summed E-state index contributed by atoms with van der Waals surface area (Å²) in [6, 6.07) is 5.63. The molecule has 0 aromatic heterocycles. The number of hydrogen-bond acceptors (Lipinski definition) is 5. The Morgan fingerprint density at radius 1 is 1.07 bits per heavy atom. The van der Waals surface area contributed by atoms with Crippen LogP contribution in [0.4, 0.5) is 18.9 Å². The fourth-order valence-corrected chi connectivity index (χ4v) is 4.60. The molecule has 0 spiro atoms. The van der Waals surface area contributed by atoms with Crippen LogP contribution in [-0.2, 0) is 4.79 Å². The highest BCUT2D eigenvalue weighted by Gasteiger charge is 2.40. The van der Waals surface area contributed by atoms with Crippen molar-refractivity contribution in [3.05, 3.63) is 18.2 Å². The van der Waals surface area contributed by atoms with Crippen LogP contribution in [0.1, 0.15) is 32.1 Å². The Balaban J connectivity index is 1.17. The summed E-state index contributed by atoms with van der Waals surface area (Å²) in [5.74, 6) is 0.340. The van der Waals surface area contributed by atoms with E-state index >= 15 is 0 Å². The maximum Gasteiger partial charge on any atom is 0.471 e. The van der Waals surface area contributed by atoms with Crippen LogP contribution in [-0.4, -0.2) is 62.5 Å². The molecule has 30 heavy (non-hydrogen) atoms. The van der Waals surface area contributed by atoms with Gasteiger partial charge in [0.1, 0.15) is 0 Å². The summed E-state index contributed by atoms with van der Waals surface area (Å²) in [6.07, 6.45) is -0.745. The number of para-hydroxylation sites is 1. The molecule has 1 aliphatic carbocycles. The molecule has 2 aliphatic heterocycles. The van der Waals surface area contributed by atoms with E-state index in [2.05, 4.69) is 21.2 Å². The molecule has 6 nitrogen and oxygen atoms in total. The Hall–Kier alpha value is -2.16. The molecule has 1 aromatic rings. The Labute approximate surface area is 174 Å². The van der Waals surface area contributed by atoms with Crippen LogP contribution in [0.3, 0.4) is 0 Å². The molecule has 2 fully saturated rings. The lowest BCUT2D eigenvalue weighted by Crippen LogP contribution is -2.47. The van der Waals surface area contributed by atoms with Gasteiger partial charge >= 0.3 is 12.1 Å². The van der Waals surface area contributed by atoms with Gasteiger partial charge in [0, 0.05) is 32.2 Å². The lowest BCUT2D eigenvalue weighted by atomic mass is 9.84. The predicted octanol–water partition coefficient (Wildman–Crippen LogP) is 3.16. The standard InChI is InChI=1S/C21H28F3N3O3/c22-21(23,24)20(28)25-16-6-4-15(5-7-16)8-9-26-10-12-27(13-11-26)17-2-1-3-18-19(17)30-14-29-18/h1-3,15-16H,4-14H2,(H,25,28)/t15-,16-. The Kier molecular flexibility index (Phi) is 6.26. The molecule has 0 bridgehead atoms. The number of nitrogens with zero attached hydrogens (tertiary/aromatic N) is 2. The van der Waals surface area contributed by atoms with Crippen LogP contribution in [0, 0.1) is 5.92 Å². The van der Waals surface area contributed by atoms with E-state index in [1.54, 1.807) is 0 Å². The maximum atomic E-state index is 12.4. The second kappa shape index (κ2) is 8.91. The van der Waals surface area contributed by atoms with Gasteiger partial charge in [0.2, 0.25) is 6.79 Å². The van der Waals surface area contributed by atoms with Crippen molar-refractivity contribution < 1.29 is 27.4 Å². The topological polar surface area (TPSA) is 54.0 Å². The zero-order chi connectivity index (χ0) is 21.1. The molecular weight excluding hydrogens is 399 g/mol. The highest BCUT2D eigenvalue weighted by atomic mass is 19.4. The number of halogens is 3. The SMILES string of the molecule is O=C(N[C@H]1CC[C@H](CCN2CCN(c3cccc4c3OCO4)CC2)CC1)C(F)(F)F. The number of amides is 1. The summed E-state index contributed by atoms with van der Waals surface area (Å²) in [5, 5.41) is 2.12. The number of carbonyl (C=O) groups is 1. The number of ether oxygens (including phenoxy) is 2. The van der Waals surface area contributed by atoms with Crippen molar-refractivity contribution in [2.24, 2.45) is 5.92 Å². The van der Waals surface area contributed by atoms with Crippen molar-refractivity contribution in [2.75, 3.05) is 44.4 Å². The fraction of sp³-hybridized carbons (Fsp3) is 0.667. The fourth-order valence-electron chi connectivity index (χ4n) is 4.60. The minimum absolute atomic E-state index is 0.272. The van der Waals surface area contributed by atoms with E-state index in [1.165, 1.54) is 0 Å². The van der Waals surface area contributed by atoms with Crippen LogP contribution in [0.5, 0.6) is 11.5 Å². The molecule has 0 radical (unpaired) electrons. The molecule has 9 heteroatoms. The van der Waals surface area contributed by atoms with E-state index in [-0.39, 0.29) is 12.8 Å². The van der Waals surface area contributed by atoms with Crippen LogP contribution in [0.2, 0.25) is 0 Å². The summed E-state index contributed by atoms with van der Waals surface area (Å²) in [6.45, 7) is 5.08. The Bertz CT molecular complexity index is 743. The van der Waals surface area contributed by atoms with Gasteiger partial charge in [-0.05, 0) is 56.7 Å². The van der Waals surface area contributed by atoms with E-state index in [4.69, 9.17) is 9.47 Å². The van der Waals surface area contributed by atoms with E-state index in [9.17, 15) is 18.0 Å². The number of benzene rings is 1. The van der Waals surface area contributed by atoms with Gasteiger partial charge in [0.05, 0.1) is 5.69 Å². The average molecular weight is 427 g/mol. The summed E-state index contributed by atoms with van der Waals surface area (Å²) < 4.78 is 48.2. The van der Waals surface area contributed by atoms with Crippen molar-refractivity contribution >= 4 is 11.6 Å². The zero-order valence-corrected chi connectivity index (χ0v) is 16.9. The number of carbonyl (C=O) groups excluding carboxylic acids is 1. The average Bonchev–Trinajstić information content (AvgIpc) is 3.22. The monoisotopic (exact) mass is 427 g/mol. The van der Waals surface area contributed by atoms with Gasteiger partial charge in [0.25, 0.3) is 0 Å². The van der Waals surface area contributed by atoms with Gasteiger partial charge in [-0.2, -0.15) is 13.2 Å². The summed E-state index contributed by atoms with van der Waals surface area (Å²) in [7, 11) is 0. The predicted molar refractivity (Wildman–Crippen MR) is 106 cm³/mol. The first-order chi connectivity index (χ1) is 14.4. The summed E-state index contributed by atoms with van der Waals surface area (Å²) >= 11 is 0. The highest BCUT2D eigenvalue weighted by molar-refractivity contribution is 5.81. The molecule has 3 aliphatic rings. The molecule has 1 aromatic carbocycles. The zero-order valence-electron chi connectivity index (χ0n) is 16.9. The van der Waals surface area contributed by atoms with Crippen molar-refractivity contribution in [3.63, 3.8) is 0 Å². The van der Waals surface area contributed by atoms with Gasteiger partial charge < -0.3 is 19.7 Å². The van der Waals surface area contributed by atoms with Gasteiger partial charge in [0.15, 0.2) is 11.5 Å². The highest BCUT2D eigenvalue weighted by Crippen LogP contribution is 2.41. The van der Waals surface area contributed by atoms with Crippen LogP contribution in [0.25, 0.3) is 0 Å². The molecule has 1 saturated heterocycles. The van der Waals surface area contributed by atoms with Crippen LogP contribution < -0.4 is 19.7 Å². The smallest absolute Gasteiger partial charge is 0.454 e. The van der Waals surface area contributed by atoms with Gasteiger partial charge in [-0.1, -0.05) is 6.07 Å². The first kappa shape index (κ1) is 21.1. The molecule has 4 rings (SSSR count). The molecule has 1 saturated carbocycles. The minimum atomic E-state index is -4.79. The summed E-state index contributed by atoms with van der Waals surface area (Å²) in [4.78, 5) is 15.9. The van der Waals surface area contributed by atoms with E-state index in [0.29, 0.717) is 18.8 Å². The number of hydrogen-bond donors (Lipinski definition) is 1. The number of nitrogens with one attached hydrogen (secondary N) is 1. The van der Waals surface area contributed by atoms with Crippen LogP contribution >= 0.6 is 0 Å². The normalized spacial score (nSPS) is 24.7. The molecule has 1 N–H and O–H groups in total. The molecule has 1 amide bonds. The number of rotatable bonds is 5. The molecule has 0 atom stereocenters. The molecule has 0 unspecified atom stereocenters. The second-order valence-corrected chi connectivity index (χ2v) is 8.32. The van der Waals surface area contributed by atoms with Crippen molar-refractivity contribution in [2.45, 2.75) is 44.3 Å². The van der Waals surface area contributed by atoms with Crippen molar-refractivity contribution in [1.82, 2.24) is 10.2 Å². The largest absolute Gasteiger partial charge is 0.471 e. The van der Waals surface area contributed by atoms with Crippen LogP contribution in [0.15, 0.2) is 18.2 Å². The lowest BCUT2D eigenvalue weighted by Gasteiger charge is -2.37. The van der Waals surface area contributed by atoms with Crippen molar-refractivity contribution in [3.8, 4) is 11.5 Å². The van der Waals surface area contributed by atoms with E-state index in [0.717, 1.165) is 69.2 Å². The quantitative estimate of drug-likeness (QED) is 0.783. The Morgan fingerprint density at radius 3 is 2.50 bits per heavy atom. The van der Waals surface area contributed by atoms with E-state index < -0.39 is 12.1 Å². The number of piperazine rings is 1. The molecule has 166 valence electrons. The molecular formula is C21H28F3N3O3. The lowest BCUT2D eigenvalue weighted by molar-refractivity contribution is -0.174. The van der Waals surface area contributed by atoms with Gasteiger partial charge in [-0.15, -0.1) is 0 Å². The number of anilines is 1. The second-order valence-electron chi connectivity index (χ2n) is 8.32.